The molecule has 0 heterocycles. The summed E-state index contributed by atoms with van der Waals surface area (Å²) in [7, 11) is -3.76. The molecule has 0 radical (unpaired) electrons. The van der Waals surface area contributed by atoms with Crippen molar-refractivity contribution < 1.29 is 27.2 Å². The number of alkyl halides is 1. The molecule has 29 heavy (non-hydrogen) atoms. The smallest absolute Gasteiger partial charge is 0.300 e. The maximum atomic E-state index is 12.6. The molecule has 0 saturated heterocycles. The number of non-ortho nitro benzene ring substituents is 1. The molecule has 12 nitrogen and oxygen atoms in total. The second-order valence-electron chi connectivity index (χ2n) is 5.83. The van der Waals surface area contributed by atoms with E-state index in [-0.39, 0.29) is 43.4 Å². The van der Waals surface area contributed by atoms with Crippen molar-refractivity contribution in [3.05, 3.63) is 37.9 Å². The van der Waals surface area contributed by atoms with Crippen molar-refractivity contribution in [2.45, 2.75) is 13.3 Å². The van der Waals surface area contributed by atoms with Crippen LogP contribution in [-0.2, 0) is 14.3 Å². The van der Waals surface area contributed by atoms with Gasteiger partial charge in [0.1, 0.15) is 5.69 Å². The summed E-state index contributed by atoms with van der Waals surface area (Å²) < 4.78 is 27.0. The van der Waals surface area contributed by atoms with Crippen LogP contribution >= 0.6 is 11.6 Å². The number of halogens is 1. The molecule has 0 atom stereocenters. The van der Waals surface area contributed by atoms with Crippen molar-refractivity contribution >= 4 is 44.7 Å². The van der Waals surface area contributed by atoms with Gasteiger partial charge < -0.3 is 10.2 Å². The third-order valence-corrected chi connectivity index (χ3v) is 4.36. The van der Waals surface area contributed by atoms with Crippen molar-refractivity contribution in [1.82, 2.24) is 5.32 Å². The van der Waals surface area contributed by atoms with Crippen molar-refractivity contribution in [2.24, 2.45) is 0 Å². The Kier molecular flexibility index (Phi) is 9.20. The quantitative estimate of drug-likeness (QED) is 0.215. The van der Waals surface area contributed by atoms with Gasteiger partial charge in [-0.3, -0.25) is 29.2 Å². The van der Waals surface area contributed by atoms with Gasteiger partial charge in [-0.25, -0.2) is 0 Å². The van der Waals surface area contributed by atoms with Gasteiger partial charge in [0, 0.05) is 31.6 Å². The highest BCUT2D eigenvalue weighted by molar-refractivity contribution is 7.85. The van der Waals surface area contributed by atoms with E-state index in [0.717, 1.165) is 18.4 Å². The molecular formula is C15H21ClN4O8S. The molecular weight excluding hydrogens is 432 g/mol. The number of carbonyl (C=O) groups excluding carboxylic acids is 1. The minimum Gasteiger partial charge on any atom is -0.362 e. The summed E-state index contributed by atoms with van der Waals surface area (Å²) in [6, 6.07) is 1.68. The Balaban J connectivity index is 3.55. The Hall–Kier alpha value is -2.51. The number of hydrogen-bond acceptors (Lipinski definition) is 9. The van der Waals surface area contributed by atoms with E-state index in [0.29, 0.717) is 6.42 Å². The van der Waals surface area contributed by atoms with Gasteiger partial charge in [0.15, 0.2) is 0 Å². The SMILES string of the molecule is CCCNC(=O)c1cc([N+](=O)[O-])cc([N+](=O)[O-])c1N(CCCl)CCOS(C)(=O)=O. The first kappa shape index (κ1) is 24.5. The summed E-state index contributed by atoms with van der Waals surface area (Å²) in [6.45, 7) is 1.52. The first-order valence-electron chi connectivity index (χ1n) is 8.42. The van der Waals surface area contributed by atoms with Gasteiger partial charge in [-0.05, 0) is 6.42 Å². The zero-order valence-corrected chi connectivity index (χ0v) is 17.4. The van der Waals surface area contributed by atoms with Gasteiger partial charge in [0.2, 0.25) is 0 Å². The summed E-state index contributed by atoms with van der Waals surface area (Å²) in [5, 5.41) is 25.3. The maximum Gasteiger partial charge on any atom is 0.300 e. The average molecular weight is 453 g/mol. The molecule has 1 N–H and O–H groups in total. The van der Waals surface area contributed by atoms with Crippen LogP contribution in [0.1, 0.15) is 23.7 Å². The lowest BCUT2D eigenvalue weighted by Crippen LogP contribution is -2.34. The minimum absolute atomic E-state index is 0.00138. The largest absolute Gasteiger partial charge is 0.362 e. The third-order valence-electron chi connectivity index (χ3n) is 3.59. The van der Waals surface area contributed by atoms with Crippen LogP contribution in [-0.4, -0.2) is 62.5 Å². The van der Waals surface area contributed by atoms with E-state index in [2.05, 4.69) is 9.50 Å². The highest BCUT2D eigenvalue weighted by Crippen LogP contribution is 2.36. The van der Waals surface area contributed by atoms with E-state index in [4.69, 9.17) is 11.6 Å². The highest BCUT2D eigenvalue weighted by atomic mass is 35.5. The number of nitro benzene ring substituents is 2. The van der Waals surface area contributed by atoms with Crippen LogP contribution in [0.25, 0.3) is 0 Å². The molecule has 0 unspecified atom stereocenters. The van der Waals surface area contributed by atoms with E-state index in [1.165, 1.54) is 4.90 Å². The van der Waals surface area contributed by atoms with Crippen LogP contribution in [0.5, 0.6) is 0 Å². The molecule has 0 aliphatic carbocycles. The fourth-order valence-electron chi connectivity index (χ4n) is 2.42. The number of benzene rings is 1. The number of nitrogens with one attached hydrogen (secondary N) is 1. The van der Waals surface area contributed by atoms with E-state index in [1.54, 1.807) is 6.92 Å². The van der Waals surface area contributed by atoms with E-state index < -0.39 is 37.2 Å². The summed E-state index contributed by atoms with van der Waals surface area (Å²) >= 11 is 5.76. The summed E-state index contributed by atoms with van der Waals surface area (Å²) in [5.74, 6) is -0.750. The number of carbonyl (C=O) groups is 1. The van der Waals surface area contributed by atoms with Gasteiger partial charge in [-0.2, -0.15) is 8.42 Å². The average Bonchev–Trinajstić information content (AvgIpc) is 2.63. The number of anilines is 1. The van der Waals surface area contributed by atoms with Crippen molar-refractivity contribution in [2.75, 3.05) is 43.3 Å². The van der Waals surface area contributed by atoms with Gasteiger partial charge in [-0.15, -0.1) is 11.6 Å². The predicted octanol–water partition coefficient (Wildman–Crippen LogP) is 1.66. The van der Waals surface area contributed by atoms with Crippen LogP contribution in [0.2, 0.25) is 0 Å². The number of rotatable bonds is 12. The first-order chi connectivity index (χ1) is 13.5. The molecule has 14 heteroatoms. The molecule has 0 spiro atoms. The Morgan fingerprint density at radius 1 is 1.24 bits per heavy atom. The number of nitrogens with zero attached hydrogens (tertiary/aromatic N) is 3. The second kappa shape index (κ2) is 10.9. The molecule has 0 aromatic heterocycles. The molecule has 1 rings (SSSR count). The third kappa shape index (κ3) is 7.44. The molecule has 0 saturated carbocycles. The minimum atomic E-state index is -3.76. The van der Waals surface area contributed by atoms with Gasteiger partial charge in [0.05, 0.1) is 34.3 Å². The van der Waals surface area contributed by atoms with Gasteiger partial charge >= 0.3 is 0 Å². The Labute approximate surface area is 172 Å². The fourth-order valence-corrected chi connectivity index (χ4v) is 3.01. The lowest BCUT2D eigenvalue weighted by molar-refractivity contribution is -0.393. The van der Waals surface area contributed by atoms with Crippen LogP contribution < -0.4 is 10.2 Å². The zero-order valence-electron chi connectivity index (χ0n) is 15.8. The predicted molar refractivity (Wildman–Crippen MR) is 106 cm³/mol. The number of amides is 1. The van der Waals surface area contributed by atoms with Crippen molar-refractivity contribution in [3.8, 4) is 0 Å². The normalized spacial score (nSPS) is 11.1. The molecule has 1 aromatic carbocycles. The van der Waals surface area contributed by atoms with Crippen LogP contribution in [0, 0.1) is 20.2 Å². The highest BCUT2D eigenvalue weighted by Gasteiger charge is 2.31. The molecule has 1 amide bonds. The lowest BCUT2D eigenvalue weighted by atomic mass is 10.1. The summed E-state index contributed by atoms with van der Waals surface area (Å²) in [5.41, 5.74) is -1.79. The van der Waals surface area contributed by atoms with E-state index in [1.807, 2.05) is 0 Å². The summed E-state index contributed by atoms with van der Waals surface area (Å²) in [6.07, 6.45) is 1.42. The molecule has 0 fully saturated rings. The molecule has 0 bridgehead atoms. The zero-order chi connectivity index (χ0) is 22.2. The number of nitro groups is 2. The maximum absolute atomic E-state index is 12.6. The van der Waals surface area contributed by atoms with Crippen LogP contribution in [0.4, 0.5) is 17.1 Å². The number of hydrogen-bond donors (Lipinski definition) is 1. The van der Waals surface area contributed by atoms with Crippen molar-refractivity contribution in [1.29, 1.82) is 0 Å². The monoisotopic (exact) mass is 452 g/mol. The van der Waals surface area contributed by atoms with Crippen LogP contribution in [0.3, 0.4) is 0 Å². The molecule has 162 valence electrons. The van der Waals surface area contributed by atoms with Gasteiger partial charge in [0.25, 0.3) is 27.4 Å². The topological polar surface area (TPSA) is 162 Å². The Morgan fingerprint density at radius 3 is 2.38 bits per heavy atom. The Morgan fingerprint density at radius 2 is 1.90 bits per heavy atom. The van der Waals surface area contributed by atoms with E-state index in [9.17, 15) is 33.4 Å². The fraction of sp³-hybridized carbons (Fsp3) is 0.533. The molecule has 0 aliphatic rings. The molecule has 1 aromatic rings. The second-order valence-corrected chi connectivity index (χ2v) is 7.86. The first-order valence-corrected chi connectivity index (χ1v) is 10.8. The van der Waals surface area contributed by atoms with Crippen molar-refractivity contribution in [3.63, 3.8) is 0 Å². The Bertz CT molecular complexity index is 877. The van der Waals surface area contributed by atoms with Gasteiger partial charge in [-0.1, -0.05) is 6.92 Å². The summed E-state index contributed by atoms with van der Waals surface area (Å²) in [4.78, 5) is 34.9. The lowest BCUT2D eigenvalue weighted by Gasteiger charge is -2.25. The molecule has 0 aliphatic heterocycles. The van der Waals surface area contributed by atoms with Crippen LogP contribution in [0.15, 0.2) is 12.1 Å². The van der Waals surface area contributed by atoms with E-state index >= 15 is 0 Å². The standard InChI is InChI=1S/C15H21ClN4O8S/c1-3-5-17-15(21)12-9-11(19(22)23)10-13(20(24)25)14(12)18(6-4-16)7-8-28-29(2,26)27/h9-10H,3-8H2,1-2H3,(H,17,21).